The molecule has 1 aromatic carbocycles. The van der Waals surface area contributed by atoms with Crippen LogP contribution in [-0.2, 0) is 4.74 Å². The number of ether oxygens (including phenoxy) is 1. The first-order valence-electron chi connectivity index (χ1n) is 6.84. The number of anilines is 1. The van der Waals surface area contributed by atoms with Gasteiger partial charge in [-0.05, 0) is 22.0 Å². The summed E-state index contributed by atoms with van der Waals surface area (Å²) >= 11 is 3.46. The largest absolute Gasteiger partial charge is 0.450 e. The SMILES string of the molecule is C[Si](C)(C)CCOC(=O)Nc1ncc(Br)c2ccccc12. The number of aromatic nitrogens is 1. The van der Waals surface area contributed by atoms with Crippen molar-refractivity contribution in [2.24, 2.45) is 0 Å². The summed E-state index contributed by atoms with van der Waals surface area (Å²) in [7, 11) is -1.19. The summed E-state index contributed by atoms with van der Waals surface area (Å²) in [5.74, 6) is 0.520. The van der Waals surface area contributed by atoms with Crippen LogP contribution in [0.4, 0.5) is 10.6 Å². The molecule has 1 aromatic heterocycles. The van der Waals surface area contributed by atoms with E-state index >= 15 is 0 Å². The van der Waals surface area contributed by atoms with E-state index in [9.17, 15) is 4.79 Å². The van der Waals surface area contributed by atoms with Crippen LogP contribution in [0.1, 0.15) is 0 Å². The monoisotopic (exact) mass is 366 g/mol. The normalized spacial score (nSPS) is 11.4. The molecule has 0 atom stereocenters. The lowest BCUT2D eigenvalue weighted by Gasteiger charge is -2.15. The molecule has 1 heterocycles. The van der Waals surface area contributed by atoms with Gasteiger partial charge in [-0.15, -0.1) is 0 Å². The van der Waals surface area contributed by atoms with Crippen molar-refractivity contribution in [2.75, 3.05) is 11.9 Å². The summed E-state index contributed by atoms with van der Waals surface area (Å²) in [6, 6.07) is 8.71. The number of amides is 1. The second-order valence-corrected chi connectivity index (χ2v) is 12.5. The van der Waals surface area contributed by atoms with E-state index in [0.29, 0.717) is 12.4 Å². The van der Waals surface area contributed by atoms with Crippen LogP contribution < -0.4 is 5.32 Å². The second kappa shape index (κ2) is 6.57. The number of hydrogen-bond donors (Lipinski definition) is 1. The zero-order chi connectivity index (χ0) is 15.5. The minimum absolute atomic E-state index is 0.451. The third-order valence-corrected chi connectivity index (χ3v) is 5.39. The predicted octanol–water partition coefficient (Wildman–Crippen LogP) is 4.88. The van der Waals surface area contributed by atoms with E-state index in [0.717, 1.165) is 21.3 Å². The van der Waals surface area contributed by atoms with Gasteiger partial charge < -0.3 is 4.74 Å². The Morgan fingerprint density at radius 2 is 1.95 bits per heavy atom. The summed E-state index contributed by atoms with van der Waals surface area (Å²) in [6.45, 7) is 7.20. The molecule has 0 bridgehead atoms. The van der Waals surface area contributed by atoms with E-state index in [1.54, 1.807) is 6.20 Å². The molecule has 4 nitrogen and oxygen atoms in total. The predicted molar refractivity (Wildman–Crippen MR) is 92.6 cm³/mol. The lowest BCUT2D eigenvalue weighted by atomic mass is 10.1. The maximum Gasteiger partial charge on any atom is 0.412 e. The average molecular weight is 367 g/mol. The number of fused-ring (bicyclic) bond motifs is 1. The van der Waals surface area contributed by atoms with Crippen LogP contribution >= 0.6 is 15.9 Å². The quantitative estimate of drug-likeness (QED) is 0.784. The summed E-state index contributed by atoms with van der Waals surface area (Å²) in [5, 5.41) is 4.61. The van der Waals surface area contributed by atoms with Crippen molar-refractivity contribution in [1.82, 2.24) is 4.98 Å². The summed E-state index contributed by atoms with van der Waals surface area (Å²) in [4.78, 5) is 16.1. The molecule has 2 aromatic rings. The molecule has 6 heteroatoms. The number of halogens is 1. The van der Waals surface area contributed by atoms with Crippen LogP contribution in [0.2, 0.25) is 25.7 Å². The van der Waals surface area contributed by atoms with Gasteiger partial charge in [0.1, 0.15) is 5.82 Å². The molecule has 21 heavy (non-hydrogen) atoms. The van der Waals surface area contributed by atoms with Crippen molar-refractivity contribution < 1.29 is 9.53 Å². The minimum atomic E-state index is -1.19. The Labute approximate surface area is 134 Å². The molecule has 0 fully saturated rings. The van der Waals surface area contributed by atoms with Crippen molar-refractivity contribution in [3.8, 4) is 0 Å². The zero-order valence-corrected chi connectivity index (χ0v) is 15.0. The van der Waals surface area contributed by atoms with Gasteiger partial charge in [-0.1, -0.05) is 43.9 Å². The number of nitrogens with one attached hydrogen (secondary N) is 1. The molecule has 1 N–H and O–H groups in total. The van der Waals surface area contributed by atoms with Crippen LogP contribution in [0.3, 0.4) is 0 Å². The van der Waals surface area contributed by atoms with Crippen molar-refractivity contribution in [1.29, 1.82) is 0 Å². The lowest BCUT2D eigenvalue weighted by molar-refractivity contribution is 0.167. The first-order chi connectivity index (χ1) is 9.87. The smallest absolute Gasteiger partial charge is 0.412 e. The van der Waals surface area contributed by atoms with Gasteiger partial charge in [-0.2, -0.15) is 0 Å². The van der Waals surface area contributed by atoms with Gasteiger partial charge in [0.15, 0.2) is 0 Å². The van der Waals surface area contributed by atoms with Crippen LogP contribution in [0.15, 0.2) is 34.9 Å². The molecule has 0 aliphatic heterocycles. The fourth-order valence-electron chi connectivity index (χ4n) is 1.84. The fourth-order valence-corrected chi connectivity index (χ4v) is 3.00. The van der Waals surface area contributed by atoms with Crippen molar-refractivity contribution in [3.05, 3.63) is 34.9 Å². The Morgan fingerprint density at radius 1 is 1.29 bits per heavy atom. The number of pyridine rings is 1. The van der Waals surface area contributed by atoms with Gasteiger partial charge in [0.25, 0.3) is 0 Å². The third kappa shape index (κ3) is 4.54. The molecule has 0 aliphatic carbocycles. The van der Waals surface area contributed by atoms with Gasteiger partial charge in [-0.3, -0.25) is 5.32 Å². The second-order valence-electron chi connectivity index (χ2n) is 6.07. The first kappa shape index (κ1) is 16.0. The standard InChI is InChI=1S/C15H19BrN2O2Si/c1-21(2,3)9-8-20-15(19)18-14-12-7-5-4-6-11(12)13(16)10-17-14/h4-7,10H,8-9H2,1-3H3,(H,17,18,19). The molecule has 0 radical (unpaired) electrons. The molecule has 0 aliphatic rings. The highest BCUT2D eigenvalue weighted by atomic mass is 79.9. The average Bonchev–Trinajstić information content (AvgIpc) is 2.41. The molecular formula is C15H19BrN2O2Si. The highest BCUT2D eigenvalue weighted by molar-refractivity contribution is 9.10. The Hall–Kier alpha value is -1.40. The maximum atomic E-state index is 11.9. The Balaban J connectivity index is 2.06. The van der Waals surface area contributed by atoms with E-state index in [-0.39, 0.29) is 0 Å². The molecule has 0 unspecified atom stereocenters. The number of hydrogen-bond acceptors (Lipinski definition) is 3. The highest BCUT2D eigenvalue weighted by Gasteiger charge is 2.14. The topological polar surface area (TPSA) is 51.2 Å². The number of nitrogens with zero attached hydrogens (tertiary/aromatic N) is 1. The third-order valence-electron chi connectivity index (χ3n) is 3.05. The van der Waals surface area contributed by atoms with E-state index in [1.165, 1.54) is 0 Å². The first-order valence-corrected chi connectivity index (χ1v) is 11.3. The molecule has 2 rings (SSSR count). The molecule has 112 valence electrons. The van der Waals surface area contributed by atoms with E-state index in [1.807, 2.05) is 24.3 Å². The number of carbonyl (C=O) groups is 1. The van der Waals surface area contributed by atoms with Crippen LogP contribution in [0, 0.1) is 0 Å². The summed E-state index contributed by atoms with van der Waals surface area (Å²) in [6.07, 6.45) is 1.23. The molecule has 1 amide bonds. The minimum Gasteiger partial charge on any atom is -0.450 e. The van der Waals surface area contributed by atoms with Gasteiger partial charge in [0.2, 0.25) is 0 Å². The highest BCUT2D eigenvalue weighted by Crippen LogP contribution is 2.27. The molecule has 0 saturated carbocycles. The van der Waals surface area contributed by atoms with E-state index < -0.39 is 14.2 Å². The fraction of sp³-hybridized carbons (Fsp3) is 0.333. The maximum absolute atomic E-state index is 11.9. The number of carbonyl (C=O) groups excluding carboxylic acids is 1. The van der Waals surface area contributed by atoms with Gasteiger partial charge in [0, 0.05) is 29.5 Å². The number of rotatable bonds is 4. The van der Waals surface area contributed by atoms with Gasteiger partial charge in [0.05, 0.1) is 6.61 Å². The van der Waals surface area contributed by atoms with Crippen LogP contribution in [0.25, 0.3) is 10.8 Å². The van der Waals surface area contributed by atoms with Crippen LogP contribution in [-0.4, -0.2) is 25.8 Å². The lowest BCUT2D eigenvalue weighted by Crippen LogP contribution is -2.24. The molecule has 0 spiro atoms. The molecule has 0 saturated heterocycles. The molecular weight excluding hydrogens is 348 g/mol. The zero-order valence-electron chi connectivity index (χ0n) is 12.4. The Kier molecular flexibility index (Phi) is 5.00. The summed E-state index contributed by atoms with van der Waals surface area (Å²) < 4.78 is 6.13. The Bertz CT molecular complexity index is 656. The Morgan fingerprint density at radius 3 is 2.62 bits per heavy atom. The van der Waals surface area contributed by atoms with Crippen LogP contribution in [0.5, 0.6) is 0 Å². The van der Waals surface area contributed by atoms with E-state index in [2.05, 4.69) is 45.9 Å². The number of benzene rings is 1. The van der Waals surface area contributed by atoms with Gasteiger partial charge in [-0.25, -0.2) is 9.78 Å². The van der Waals surface area contributed by atoms with Crippen molar-refractivity contribution in [3.63, 3.8) is 0 Å². The van der Waals surface area contributed by atoms with Gasteiger partial charge >= 0.3 is 6.09 Å². The van der Waals surface area contributed by atoms with Crippen molar-refractivity contribution in [2.45, 2.75) is 25.7 Å². The summed E-state index contributed by atoms with van der Waals surface area (Å²) in [5.41, 5.74) is 0. The van der Waals surface area contributed by atoms with E-state index in [4.69, 9.17) is 4.74 Å². The van der Waals surface area contributed by atoms with Crippen molar-refractivity contribution >= 4 is 46.7 Å².